The minimum atomic E-state index is -0.476. The van der Waals surface area contributed by atoms with Crippen LogP contribution >= 0.6 is 0 Å². The fourth-order valence-corrected chi connectivity index (χ4v) is 2.56. The summed E-state index contributed by atoms with van der Waals surface area (Å²) in [5.74, 6) is -0.557. The number of amides is 1. The molecule has 3 aromatic carbocycles. The molecule has 3 aromatic rings. The van der Waals surface area contributed by atoms with Crippen molar-refractivity contribution in [2.24, 2.45) is 0 Å². The van der Waals surface area contributed by atoms with Crippen molar-refractivity contribution in [1.82, 2.24) is 0 Å². The van der Waals surface area contributed by atoms with Crippen molar-refractivity contribution in [2.75, 3.05) is 5.32 Å². The molecule has 0 aliphatic carbocycles. The Morgan fingerprint density at radius 3 is 2.00 bits per heavy atom. The van der Waals surface area contributed by atoms with Crippen molar-refractivity contribution >= 4 is 23.5 Å². The second-order valence-electron chi connectivity index (χ2n) is 6.45. The van der Waals surface area contributed by atoms with Gasteiger partial charge in [0.25, 0.3) is 0 Å². The van der Waals surface area contributed by atoms with E-state index in [0.29, 0.717) is 29.0 Å². The number of carbonyl (C=O) groups is 3. The van der Waals surface area contributed by atoms with Crippen LogP contribution in [0.15, 0.2) is 78.9 Å². The maximum atomic E-state index is 12.2. The zero-order valence-corrected chi connectivity index (χ0v) is 16.5. The van der Waals surface area contributed by atoms with Gasteiger partial charge in [-0.1, -0.05) is 37.3 Å². The molecule has 0 aliphatic rings. The summed E-state index contributed by atoms with van der Waals surface area (Å²) < 4.78 is 10.6. The van der Waals surface area contributed by atoms with Gasteiger partial charge in [0, 0.05) is 12.1 Å². The van der Waals surface area contributed by atoms with E-state index in [1.54, 1.807) is 79.7 Å². The first-order valence-corrected chi connectivity index (χ1v) is 9.48. The molecule has 0 saturated carbocycles. The third-order valence-electron chi connectivity index (χ3n) is 4.24. The number of rotatable bonds is 7. The van der Waals surface area contributed by atoms with Crippen molar-refractivity contribution in [1.29, 1.82) is 0 Å². The summed E-state index contributed by atoms with van der Waals surface area (Å²) in [6, 6.07) is 22.0. The van der Waals surface area contributed by atoms with E-state index in [0.717, 1.165) is 5.56 Å². The Morgan fingerprint density at radius 1 is 0.767 bits per heavy atom. The van der Waals surface area contributed by atoms with Crippen LogP contribution in [0.1, 0.15) is 39.6 Å². The third kappa shape index (κ3) is 5.78. The summed E-state index contributed by atoms with van der Waals surface area (Å²) in [4.78, 5) is 35.7. The van der Waals surface area contributed by atoms with E-state index >= 15 is 0 Å². The van der Waals surface area contributed by atoms with Crippen molar-refractivity contribution < 1.29 is 23.9 Å². The summed E-state index contributed by atoms with van der Waals surface area (Å²) in [6.45, 7) is 1.83. The van der Waals surface area contributed by atoms with Gasteiger partial charge in [-0.05, 0) is 54.1 Å². The smallest absolute Gasteiger partial charge is 0.343 e. The van der Waals surface area contributed by atoms with Gasteiger partial charge in [0.1, 0.15) is 12.4 Å². The van der Waals surface area contributed by atoms with Crippen LogP contribution in [0.4, 0.5) is 5.69 Å². The Morgan fingerprint density at radius 2 is 1.37 bits per heavy atom. The van der Waals surface area contributed by atoms with Gasteiger partial charge >= 0.3 is 11.9 Å². The molecule has 30 heavy (non-hydrogen) atoms. The van der Waals surface area contributed by atoms with Crippen LogP contribution in [-0.2, 0) is 16.1 Å². The average molecular weight is 403 g/mol. The lowest BCUT2D eigenvalue weighted by molar-refractivity contribution is -0.115. The van der Waals surface area contributed by atoms with Crippen molar-refractivity contribution in [3.63, 3.8) is 0 Å². The van der Waals surface area contributed by atoms with E-state index in [9.17, 15) is 14.4 Å². The molecule has 3 rings (SSSR count). The number of carbonyl (C=O) groups excluding carboxylic acids is 3. The van der Waals surface area contributed by atoms with Gasteiger partial charge in [-0.25, -0.2) is 9.59 Å². The van der Waals surface area contributed by atoms with Gasteiger partial charge in [-0.2, -0.15) is 0 Å². The predicted octanol–water partition coefficient (Wildman–Crippen LogP) is 4.61. The molecular weight excluding hydrogens is 382 g/mol. The monoisotopic (exact) mass is 403 g/mol. The number of hydrogen-bond acceptors (Lipinski definition) is 5. The first kappa shape index (κ1) is 20.8. The van der Waals surface area contributed by atoms with Gasteiger partial charge in [0.2, 0.25) is 5.91 Å². The Balaban J connectivity index is 1.52. The maximum Gasteiger partial charge on any atom is 0.343 e. The molecule has 0 aliphatic heterocycles. The van der Waals surface area contributed by atoms with Crippen molar-refractivity contribution in [2.45, 2.75) is 20.0 Å². The molecule has 0 unspecified atom stereocenters. The molecule has 1 N–H and O–H groups in total. The highest BCUT2D eigenvalue weighted by Crippen LogP contribution is 2.14. The Labute approximate surface area is 174 Å². The van der Waals surface area contributed by atoms with Crippen LogP contribution in [0, 0.1) is 0 Å². The van der Waals surface area contributed by atoms with Crippen molar-refractivity contribution in [3.05, 3.63) is 95.6 Å². The molecule has 6 nitrogen and oxygen atoms in total. The quantitative estimate of drug-likeness (QED) is 0.460. The first-order valence-electron chi connectivity index (χ1n) is 9.48. The number of ether oxygens (including phenoxy) is 2. The van der Waals surface area contributed by atoms with Crippen LogP contribution in [0.2, 0.25) is 0 Å². The molecule has 0 spiro atoms. The SMILES string of the molecule is CCC(=O)Nc1ccc(C(=O)OCc2ccc(C(=O)Oc3ccccc3)cc2)cc1. The molecule has 0 saturated heterocycles. The maximum absolute atomic E-state index is 12.2. The normalized spacial score (nSPS) is 10.2. The number of hydrogen-bond donors (Lipinski definition) is 1. The van der Waals surface area contributed by atoms with E-state index in [4.69, 9.17) is 9.47 Å². The number of esters is 2. The molecular formula is C24H21NO5. The highest BCUT2D eigenvalue weighted by molar-refractivity contribution is 5.93. The summed E-state index contributed by atoms with van der Waals surface area (Å²) in [5, 5.41) is 2.72. The lowest BCUT2D eigenvalue weighted by Crippen LogP contribution is -2.10. The van der Waals surface area contributed by atoms with Crippen LogP contribution in [0.25, 0.3) is 0 Å². The lowest BCUT2D eigenvalue weighted by Gasteiger charge is -2.08. The third-order valence-corrected chi connectivity index (χ3v) is 4.24. The first-order chi connectivity index (χ1) is 14.5. The van der Waals surface area contributed by atoms with Crippen LogP contribution < -0.4 is 10.1 Å². The molecule has 0 bridgehead atoms. The number of benzene rings is 3. The highest BCUT2D eigenvalue weighted by atomic mass is 16.5. The Hall–Kier alpha value is -3.93. The van der Waals surface area contributed by atoms with E-state index in [2.05, 4.69) is 5.32 Å². The van der Waals surface area contributed by atoms with Crippen molar-refractivity contribution in [3.8, 4) is 5.75 Å². The molecule has 6 heteroatoms. The molecule has 0 aromatic heterocycles. The largest absolute Gasteiger partial charge is 0.457 e. The zero-order chi connectivity index (χ0) is 21.3. The summed E-state index contributed by atoms with van der Waals surface area (Å²) >= 11 is 0. The van der Waals surface area contributed by atoms with Gasteiger partial charge in [-0.3, -0.25) is 4.79 Å². The van der Waals surface area contributed by atoms with Crippen LogP contribution in [0.5, 0.6) is 5.75 Å². The van der Waals surface area contributed by atoms with Crippen LogP contribution in [0.3, 0.4) is 0 Å². The molecule has 0 radical (unpaired) electrons. The average Bonchev–Trinajstić information content (AvgIpc) is 2.79. The highest BCUT2D eigenvalue weighted by Gasteiger charge is 2.10. The summed E-state index contributed by atoms with van der Waals surface area (Å²) in [7, 11) is 0. The van der Waals surface area contributed by atoms with E-state index < -0.39 is 11.9 Å². The van der Waals surface area contributed by atoms with E-state index in [1.807, 2.05) is 6.07 Å². The Kier molecular flexibility index (Phi) is 6.95. The molecule has 152 valence electrons. The molecule has 0 atom stereocenters. The standard InChI is InChI=1S/C24H21NO5/c1-2-22(26)25-20-14-12-18(13-15-20)23(27)29-16-17-8-10-19(11-9-17)24(28)30-21-6-4-3-5-7-21/h3-15H,2,16H2,1H3,(H,25,26). The molecule has 0 fully saturated rings. The Bertz CT molecular complexity index is 1010. The summed E-state index contributed by atoms with van der Waals surface area (Å²) in [6.07, 6.45) is 0.382. The van der Waals surface area contributed by atoms with Crippen LogP contribution in [-0.4, -0.2) is 17.8 Å². The number of para-hydroxylation sites is 1. The summed E-state index contributed by atoms with van der Waals surface area (Å²) in [5.41, 5.74) is 2.15. The van der Waals surface area contributed by atoms with Gasteiger partial charge in [0.15, 0.2) is 0 Å². The second kappa shape index (κ2) is 10.0. The van der Waals surface area contributed by atoms with E-state index in [1.165, 1.54) is 0 Å². The van der Waals surface area contributed by atoms with Gasteiger partial charge < -0.3 is 14.8 Å². The fourth-order valence-electron chi connectivity index (χ4n) is 2.56. The molecule has 0 heterocycles. The number of anilines is 1. The molecule has 1 amide bonds. The van der Waals surface area contributed by atoms with E-state index in [-0.39, 0.29) is 12.5 Å². The zero-order valence-electron chi connectivity index (χ0n) is 16.5. The fraction of sp³-hybridized carbons (Fsp3) is 0.125. The minimum absolute atomic E-state index is 0.0706. The predicted molar refractivity (Wildman–Crippen MR) is 112 cm³/mol. The second-order valence-corrected chi connectivity index (χ2v) is 6.45. The van der Waals surface area contributed by atoms with Gasteiger partial charge in [-0.15, -0.1) is 0 Å². The number of nitrogens with one attached hydrogen (secondary N) is 1. The lowest BCUT2D eigenvalue weighted by atomic mass is 10.1. The topological polar surface area (TPSA) is 81.7 Å². The van der Waals surface area contributed by atoms with Gasteiger partial charge in [0.05, 0.1) is 11.1 Å². The minimum Gasteiger partial charge on any atom is -0.457 e.